The minimum Gasteiger partial charge on any atom is -0.462 e. The van der Waals surface area contributed by atoms with Gasteiger partial charge < -0.3 is 15.0 Å². The number of esters is 1. The van der Waals surface area contributed by atoms with Gasteiger partial charge in [-0.1, -0.05) is 12.1 Å². The van der Waals surface area contributed by atoms with E-state index in [2.05, 4.69) is 15.3 Å². The molecule has 1 amide bonds. The molecule has 3 aromatic rings. The van der Waals surface area contributed by atoms with Crippen molar-refractivity contribution in [3.05, 3.63) is 57.2 Å². The molecule has 0 aliphatic heterocycles. The number of H-pyrrole nitrogens is 1. The van der Waals surface area contributed by atoms with Crippen LogP contribution in [0.1, 0.15) is 44.0 Å². The van der Waals surface area contributed by atoms with Gasteiger partial charge >= 0.3 is 5.97 Å². The smallest absolute Gasteiger partial charge is 0.340 e. The number of aromatic amines is 1. The van der Waals surface area contributed by atoms with Crippen LogP contribution >= 0.6 is 11.3 Å². The van der Waals surface area contributed by atoms with Gasteiger partial charge in [-0.05, 0) is 45.4 Å². The lowest BCUT2D eigenvalue weighted by Gasteiger charge is -2.06. The van der Waals surface area contributed by atoms with Crippen LogP contribution in [-0.2, 0) is 4.74 Å². The summed E-state index contributed by atoms with van der Waals surface area (Å²) >= 11 is 1.60. The van der Waals surface area contributed by atoms with E-state index in [1.54, 1.807) is 32.1 Å². The fourth-order valence-corrected chi connectivity index (χ4v) is 3.52. The number of nitrogens with one attached hydrogen (secondary N) is 2. The molecular formula is C20H21N3O3S. The lowest BCUT2D eigenvalue weighted by atomic mass is 10.1. The highest BCUT2D eigenvalue weighted by molar-refractivity contribution is 7.09. The third-order valence-electron chi connectivity index (χ3n) is 4.20. The predicted molar refractivity (Wildman–Crippen MR) is 106 cm³/mol. The van der Waals surface area contributed by atoms with E-state index in [0.717, 1.165) is 16.3 Å². The van der Waals surface area contributed by atoms with Gasteiger partial charge in [0, 0.05) is 22.3 Å². The predicted octanol–water partition coefficient (Wildman–Crippen LogP) is 4.49. The summed E-state index contributed by atoms with van der Waals surface area (Å²) in [5.74, 6) is -0.728. The van der Waals surface area contributed by atoms with Gasteiger partial charge in [0.2, 0.25) is 0 Å². The third-order valence-corrected chi connectivity index (χ3v) is 4.98. The van der Waals surface area contributed by atoms with Crippen molar-refractivity contribution in [1.29, 1.82) is 0 Å². The van der Waals surface area contributed by atoms with Gasteiger partial charge in [-0.3, -0.25) is 4.79 Å². The summed E-state index contributed by atoms with van der Waals surface area (Å²) in [6, 6.07) is 7.50. The summed E-state index contributed by atoms with van der Waals surface area (Å²) < 4.78 is 5.06. The van der Waals surface area contributed by atoms with E-state index in [-0.39, 0.29) is 12.5 Å². The number of benzene rings is 1. The summed E-state index contributed by atoms with van der Waals surface area (Å²) in [5, 5.41) is 5.87. The van der Waals surface area contributed by atoms with Gasteiger partial charge in [0.1, 0.15) is 5.69 Å². The van der Waals surface area contributed by atoms with Crippen LogP contribution in [0, 0.1) is 20.8 Å². The molecule has 2 heterocycles. The number of thiazole rings is 1. The molecule has 0 unspecified atom stereocenters. The first-order valence-corrected chi connectivity index (χ1v) is 9.48. The number of carbonyl (C=O) groups excluding carboxylic acids is 2. The second-order valence-electron chi connectivity index (χ2n) is 6.13. The first kappa shape index (κ1) is 18.8. The van der Waals surface area contributed by atoms with Crippen molar-refractivity contribution in [3.8, 4) is 11.3 Å². The minimum atomic E-state index is -0.425. The first-order valence-electron chi connectivity index (χ1n) is 8.61. The summed E-state index contributed by atoms with van der Waals surface area (Å²) in [6.45, 7) is 7.49. The third kappa shape index (κ3) is 3.93. The Bertz CT molecular complexity index is 987. The number of anilines is 1. The first-order chi connectivity index (χ1) is 12.9. The largest absolute Gasteiger partial charge is 0.462 e. The van der Waals surface area contributed by atoms with Crippen LogP contribution < -0.4 is 5.32 Å². The Morgan fingerprint density at radius 1 is 1.19 bits per heavy atom. The molecule has 0 saturated carbocycles. The van der Waals surface area contributed by atoms with Gasteiger partial charge in [0.05, 0.1) is 22.9 Å². The van der Waals surface area contributed by atoms with E-state index in [1.807, 2.05) is 36.6 Å². The normalized spacial score (nSPS) is 10.7. The average Bonchev–Trinajstić information content (AvgIpc) is 3.19. The summed E-state index contributed by atoms with van der Waals surface area (Å²) in [4.78, 5) is 32.2. The van der Waals surface area contributed by atoms with E-state index < -0.39 is 5.97 Å². The highest BCUT2D eigenvalue weighted by atomic mass is 32.1. The monoisotopic (exact) mass is 383 g/mol. The SMILES string of the molecule is CCOC(=O)c1c(C)[nH]c(C(=O)Nc2ccc(-c3csc(C)n3)cc2)c1C. The highest BCUT2D eigenvalue weighted by Gasteiger charge is 2.22. The molecule has 0 radical (unpaired) electrons. The van der Waals surface area contributed by atoms with Crippen molar-refractivity contribution in [2.45, 2.75) is 27.7 Å². The number of aryl methyl sites for hydroxylation is 2. The van der Waals surface area contributed by atoms with Gasteiger partial charge in [0.15, 0.2) is 0 Å². The number of ether oxygens (including phenoxy) is 1. The minimum absolute atomic E-state index is 0.287. The van der Waals surface area contributed by atoms with Crippen LogP contribution in [-0.4, -0.2) is 28.5 Å². The zero-order valence-electron chi connectivity index (χ0n) is 15.7. The topological polar surface area (TPSA) is 84.1 Å². The Kier molecular flexibility index (Phi) is 5.41. The molecule has 0 aliphatic carbocycles. The molecular weight excluding hydrogens is 362 g/mol. The van der Waals surface area contributed by atoms with E-state index in [0.29, 0.717) is 28.2 Å². The van der Waals surface area contributed by atoms with Crippen LogP contribution in [0.2, 0.25) is 0 Å². The Balaban J connectivity index is 1.78. The fraction of sp³-hybridized carbons (Fsp3) is 0.250. The van der Waals surface area contributed by atoms with Crippen LogP contribution in [0.4, 0.5) is 5.69 Å². The standard InChI is InChI=1S/C20H21N3O3S/c1-5-26-20(25)17-11(2)18(21-12(17)3)19(24)23-15-8-6-14(7-9-15)16-10-27-13(4)22-16/h6-10,21H,5H2,1-4H3,(H,23,24). The van der Waals surface area contributed by atoms with Crippen LogP contribution in [0.3, 0.4) is 0 Å². The molecule has 0 spiro atoms. The molecule has 0 fully saturated rings. The molecule has 2 aromatic heterocycles. The molecule has 7 heteroatoms. The van der Waals surface area contributed by atoms with Crippen molar-refractivity contribution in [2.75, 3.05) is 11.9 Å². The molecule has 0 atom stereocenters. The van der Waals surface area contributed by atoms with Crippen molar-refractivity contribution in [1.82, 2.24) is 9.97 Å². The highest BCUT2D eigenvalue weighted by Crippen LogP contribution is 2.24. The molecule has 1 aromatic carbocycles. The zero-order valence-corrected chi connectivity index (χ0v) is 16.5. The number of carbonyl (C=O) groups is 2. The van der Waals surface area contributed by atoms with Gasteiger partial charge in [0.25, 0.3) is 5.91 Å². The molecule has 27 heavy (non-hydrogen) atoms. The van der Waals surface area contributed by atoms with Crippen molar-refractivity contribution < 1.29 is 14.3 Å². The summed E-state index contributed by atoms with van der Waals surface area (Å²) in [5.41, 5.74) is 4.55. The maximum Gasteiger partial charge on any atom is 0.340 e. The lowest BCUT2D eigenvalue weighted by Crippen LogP contribution is -2.14. The van der Waals surface area contributed by atoms with E-state index >= 15 is 0 Å². The molecule has 0 aliphatic rings. The van der Waals surface area contributed by atoms with E-state index in [9.17, 15) is 9.59 Å². The van der Waals surface area contributed by atoms with Crippen LogP contribution in [0.25, 0.3) is 11.3 Å². The van der Waals surface area contributed by atoms with Crippen molar-refractivity contribution in [2.24, 2.45) is 0 Å². The number of hydrogen-bond donors (Lipinski definition) is 2. The number of hydrogen-bond acceptors (Lipinski definition) is 5. The van der Waals surface area contributed by atoms with Gasteiger partial charge in [-0.25, -0.2) is 9.78 Å². The zero-order chi connectivity index (χ0) is 19.6. The Labute approximate surface area is 161 Å². The van der Waals surface area contributed by atoms with Crippen molar-refractivity contribution >= 4 is 28.9 Å². The summed E-state index contributed by atoms with van der Waals surface area (Å²) in [6.07, 6.45) is 0. The Morgan fingerprint density at radius 2 is 1.89 bits per heavy atom. The average molecular weight is 383 g/mol. The van der Waals surface area contributed by atoms with Crippen LogP contribution in [0.15, 0.2) is 29.6 Å². The van der Waals surface area contributed by atoms with Gasteiger partial charge in [-0.2, -0.15) is 0 Å². The molecule has 2 N–H and O–H groups in total. The maximum absolute atomic E-state index is 12.6. The van der Waals surface area contributed by atoms with Crippen LogP contribution in [0.5, 0.6) is 0 Å². The Hall–Kier alpha value is -2.93. The Morgan fingerprint density at radius 3 is 2.48 bits per heavy atom. The molecule has 0 saturated heterocycles. The maximum atomic E-state index is 12.6. The number of aromatic nitrogens is 2. The quantitative estimate of drug-likeness (QED) is 0.636. The number of rotatable bonds is 5. The second-order valence-corrected chi connectivity index (χ2v) is 7.19. The molecule has 3 rings (SSSR count). The molecule has 0 bridgehead atoms. The molecule has 6 nitrogen and oxygen atoms in total. The van der Waals surface area contributed by atoms with Crippen molar-refractivity contribution in [3.63, 3.8) is 0 Å². The molecule has 140 valence electrons. The summed E-state index contributed by atoms with van der Waals surface area (Å²) in [7, 11) is 0. The van der Waals surface area contributed by atoms with E-state index in [1.165, 1.54) is 0 Å². The van der Waals surface area contributed by atoms with Gasteiger partial charge in [-0.15, -0.1) is 11.3 Å². The fourth-order valence-electron chi connectivity index (χ4n) is 2.90. The number of amides is 1. The number of nitrogens with zero attached hydrogens (tertiary/aromatic N) is 1. The van der Waals surface area contributed by atoms with E-state index in [4.69, 9.17) is 4.74 Å². The lowest BCUT2D eigenvalue weighted by molar-refractivity contribution is 0.0525. The second kappa shape index (κ2) is 7.75.